The van der Waals surface area contributed by atoms with Crippen LogP contribution in [0.3, 0.4) is 0 Å². The highest BCUT2D eigenvalue weighted by molar-refractivity contribution is 5.63. The summed E-state index contributed by atoms with van der Waals surface area (Å²) in [5, 5.41) is 13.7. The van der Waals surface area contributed by atoms with E-state index in [-0.39, 0.29) is 17.7 Å². The van der Waals surface area contributed by atoms with Gasteiger partial charge in [-0.25, -0.2) is 0 Å². The third kappa shape index (κ3) is 2.05. The second kappa shape index (κ2) is 3.85. The monoisotopic (exact) mass is 222 g/mol. The topological polar surface area (TPSA) is 121 Å². The minimum Gasteiger partial charge on any atom is -0.401 e. The molecule has 0 aromatic carbocycles. The van der Waals surface area contributed by atoms with Crippen LogP contribution in [0.1, 0.15) is 11.7 Å². The molecule has 8 heteroatoms. The van der Waals surface area contributed by atoms with Crippen LogP contribution in [0.2, 0.25) is 0 Å². The van der Waals surface area contributed by atoms with Crippen molar-refractivity contribution in [3.63, 3.8) is 0 Å². The van der Waals surface area contributed by atoms with Crippen LogP contribution in [-0.4, -0.2) is 15.1 Å². The zero-order valence-corrected chi connectivity index (χ0v) is 7.86. The Bertz CT molecular complexity index is 542. The number of nitrogens with zero attached hydrogens (tertiary/aromatic N) is 3. The summed E-state index contributed by atoms with van der Waals surface area (Å²) >= 11 is 0. The fourth-order valence-electron chi connectivity index (χ4n) is 0.998. The molecule has 82 valence electrons. The smallest absolute Gasteiger partial charge is 0.401 e. The molecule has 2 rings (SSSR count). The lowest BCUT2D eigenvalue weighted by Crippen LogP contribution is -1.84. The second-order valence-electron chi connectivity index (χ2n) is 2.76. The SMILES string of the molecule is Nc1noc(/C=C/c2ccc([N+](=O)[O-])o2)n1. The Kier molecular flexibility index (Phi) is 2.38. The van der Waals surface area contributed by atoms with E-state index in [0.717, 1.165) is 0 Å². The average Bonchev–Trinajstić information content (AvgIpc) is 2.83. The summed E-state index contributed by atoms with van der Waals surface area (Å²) in [7, 11) is 0. The van der Waals surface area contributed by atoms with Gasteiger partial charge in [0.2, 0.25) is 0 Å². The van der Waals surface area contributed by atoms with Gasteiger partial charge >= 0.3 is 5.88 Å². The molecule has 0 aliphatic carbocycles. The van der Waals surface area contributed by atoms with Gasteiger partial charge in [0.1, 0.15) is 10.7 Å². The highest BCUT2D eigenvalue weighted by Crippen LogP contribution is 2.17. The predicted octanol–water partition coefficient (Wildman–Crippen LogP) is 1.32. The number of hydrogen-bond donors (Lipinski definition) is 1. The Balaban J connectivity index is 2.14. The number of rotatable bonds is 3. The summed E-state index contributed by atoms with van der Waals surface area (Å²) in [5.74, 6) is 0.190. The Morgan fingerprint density at radius 2 is 2.25 bits per heavy atom. The normalized spacial score (nSPS) is 11.0. The molecule has 0 radical (unpaired) electrons. The van der Waals surface area contributed by atoms with E-state index >= 15 is 0 Å². The summed E-state index contributed by atoms with van der Waals surface area (Å²) in [6, 6.07) is 2.70. The van der Waals surface area contributed by atoms with E-state index in [4.69, 9.17) is 14.7 Å². The van der Waals surface area contributed by atoms with Gasteiger partial charge in [0, 0.05) is 6.08 Å². The number of anilines is 1. The van der Waals surface area contributed by atoms with Crippen molar-refractivity contribution >= 4 is 24.0 Å². The number of nitrogens with two attached hydrogens (primary N) is 1. The fraction of sp³-hybridized carbons (Fsp3) is 0. The number of furan rings is 1. The van der Waals surface area contributed by atoms with Gasteiger partial charge in [-0.1, -0.05) is 0 Å². The van der Waals surface area contributed by atoms with Crippen molar-refractivity contribution in [3.05, 3.63) is 33.9 Å². The van der Waals surface area contributed by atoms with E-state index in [1.807, 2.05) is 0 Å². The summed E-state index contributed by atoms with van der Waals surface area (Å²) in [4.78, 5) is 13.4. The van der Waals surface area contributed by atoms with Gasteiger partial charge in [-0.2, -0.15) is 4.98 Å². The minimum atomic E-state index is -0.623. The second-order valence-corrected chi connectivity index (χ2v) is 2.76. The van der Waals surface area contributed by atoms with Crippen molar-refractivity contribution in [2.75, 3.05) is 5.73 Å². The minimum absolute atomic E-state index is 0.0186. The lowest BCUT2D eigenvalue weighted by Gasteiger charge is -1.82. The van der Waals surface area contributed by atoms with E-state index in [0.29, 0.717) is 5.76 Å². The first-order chi connectivity index (χ1) is 7.65. The van der Waals surface area contributed by atoms with E-state index in [1.165, 1.54) is 24.3 Å². The third-order valence-electron chi connectivity index (χ3n) is 1.64. The number of nitro groups is 1. The third-order valence-corrected chi connectivity index (χ3v) is 1.64. The Hall–Kier alpha value is -2.64. The first kappa shape index (κ1) is 9.90. The maximum Gasteiger partial charge on any atom is 0.433 e. The van der Waals surface area contributed by atoms with Crippen molar-refractivity contribution in [2.24, 2.45) is 0 Å². The van der Waals surface area contributed by atoms with Gasteiger partial charge < -0.3 is 14.7 Å². The standard InChI is InChI=1S/C8H6N4O4/c9-8-10-6(16-11-8)3-1-5-2-4-7(15-5)12(13)14/h1-4H,(H2,9,11)/b3-1+. The van der Waals surface area contributed by atoms with Gasteiger partial charge in [-0.3, -0.25) is 10.1 Å². The van der Waals surface area contributed by atoms with Crippen LogP contribution in [0.15, 0.2) is 21.1 Å². The molecule has 16 heavy (non-hydrogen) atoms. The first-order valence-electron chi connectivity index (χ1n) is 4.16. The van der Waals surface area contributed by atoms with E-state index in [2.05, 4.69) is 10.1 Å². The van der Waals surface area contributed by atoms with Crippen LogP contribution >= 0.6 is 0 Å². The average molecular weight is 222 g/mol. The van der Waals surface area contributed by atoms with Crippen LogP contribution in [0.5, 0.6) is 0 Å². The molecule has 2 heterocycles. The molecule has 2 N–H and O–H groups in total. The fourth-order valence-corrected chi connectivity index (χ4v) is 0.998. The lowest BCUT2D eigenvalue weighted by molar-refractivity contribution is -0.402. The molecule has 0 saturated carbocycles. The molecule has 2 aromatic rings. The molecule has 0 saturated heterocycles. The molecule has 0 aliphatic heterocycles. The highest BCUT2D eigenvalue weighted by atomic mass is 16.6. The number of nitrogen functional groups attached to an aromatic ring is 1. The van der Waals surface area contributed by atoms with E-state index in [9.17, 15) is 10.1 Å². The number of hydrogen-bond acceptors (Lipinski definition) is 7. The quantitative estimate of drug-likeness (QED) is 0.613. The van der Waals surface area contributed by atoms with Crippen LogP contribution in [0, 0.1) is 10.1 Å². The molecule has 0 fully saturated rings. The Morgan fingerprint density at radius 1 is 1.44 bits per heavy atom. The van der Waals surface area contributed by atoms with Crippen molar-refractivity contribution in [1.82, 2.24) is 10.1 Å². The van der Waals surface area contributed by atoms with Crippen LogP contribution in [0.25, 0.3) is 12.2 Å². The van der Waals surface area contributed by atoms with E-state index in [1.54, 1.807) is 0 Å². The van der Waals surface area contributed by atoms with Gasteiger partial charge in [0.05, 0.1) is 6.07 Å². The molecule has 0 unspecified atom stereocenters. The zero-order chi connectivity index (χ0) is 11.5. The zero-order valence-electron chi connectivity index (χ0n) is 7.86. The summed E-state index contributed by atoms with van der Waals surface area (Å²) in [5.41, 5.74) is 5.23. The molecule has 8 nitrogen and oxygen atoms in total. The summed E-state index contributed by atoms with van der Waals surface area (Å²) in [6.45, 7) is 0. The van der Waals surface area contributed by atoms with E-state index < -0.39 is 4.92 Å². The molecule has 0 atom stereocenters. The van der Waals surface area contributed by atoms with Gasteiger partial charge in [0.15, 0.2) is 0 Å². The molecule has 0 spiro atoms. The lowest BCUT2D eigenvalue weighted by atomic mass is 10.4. The van der Waals surface area contributed by atoms with Gasteiger partial charge in [0.25, 0.3) is 11.8 Å². The first-order valence-corrected chi connectivity index (χ1v) is 4.16. The molecular weight excluding hydrogens is 216 g/mol. The molecule has 0 bridgehead atoms. The van der Waals surface area contributed by atoms with Crippen molar-refractivity contribution < 1.29 is 13.9 Å². The van der Waals surface area contributed by atoms with Crippen molar-refractivity contribution in [2.45, 2.75) is 0 Å². The summed E-state index contributed by atoms with van der Waals surface area (Å²) < 4.78 is 9.56. The highest BCUT2D eigenvalue weighted by Gasteiger charge is 2.10. The van der Waals surface area contributed by atoms with Crippen LogP contribution in [0.4, 0.5) is 11.8 Å². The molecule has 0 aliphatic rings. The number of aromatic nitrogens is 2. The predicted molar refractivity (Wildman–Crippen MR) is 53.0 cm³/mol. The Labute approximate surface area is 88.5 Å². The maximum absolute atomic E-state index is 10.3. The maximum atomic E-state index is 10.3. The Morgan fingerprint density at radius 3 is 2.81 bits per heavy atom. The molecular formula is C8H6N4O4. The van der Waals surface area contributed by atoms with Crippen molar-refractivity contribution in [1.29, 1.82) is 0 Å². The van der Waals surface area contributed by atoms with Gasteiger partial charge in [-0.05, 0) is 17.3 Å². The van der Waals surface area contributed by atoms with Gasteiger partial charge in [-0.15, -0.1) is 0 Å². The largest absolute Gasteiger partial charge is 0.433 e. The molecule has 2 aromatic heterocycles. The molecule has 0 amide bonds. The van der Waals surface area contributed by atoms with Crippen LogP contribution < -0.4 is 5.73 Å². The van der Waals surface area contributed by atoms with Crippen LogP contribution in [-0.2, 0) is 0 Å². The van der Waals surface area contributed by atoms with Crippen molar-refractivity contribution in [3.8, 4) is 0 Å². The summed E-state index contributed by atoms with van der Waals surface area (Å²) in [6.07, 6.45) is 2.89.